The van der Waals surface area contributed by atoms with Crippen LogP contribution in [-0.4, -0.2) is 49.7 Å². The van der Waals surface area contributed by atoms with Crippen LogP contribution in [-0.2, 0) is 23.1 Å². The Hall–Kier alpha value is -3.77. The number of tetrazole rings is 1. The maximum Gasteiger partial charge on any atom is 0.319 e. The smallest absolute Gasteiger partial charge is 0.319 e. The molecule has 2 heterocycles. The highest BCUT2D eigenvalue weighted by Crippen LogP contribution is 2.48. The van der Waals surface area contributed by atoms with E-state index in [4.69, 9.17) is 9.47 Å². The number of nitrogens with zero attached hydrogens (tertiary/aromatic N) is 4. The number of nitrogens with one attached hydrogen (secondary N) is 2. The minimum atomic E-state index is -0.693. The maximum absolute atomic E-state index is 12.1. The van der Waals surface area contributed by atoms with Crippen molar-refractivity contribution in [1.29, 1.82) is 0 Å². The lowest BCUT2D eigenvalue weighted by molar-refractivity contribution is -0.255. The zero-order chi connectivity index (χ0) is 27.9. The van der Waals surface area contributed by atoms with E-state index in [1.807, 2.05) is 80.7 Å². The van der Waals surface area contributed by atoms with Crippen LogP contribution in [0.25, 0.3) is 0 Å². The number of aliphatic hydroxyl groups is 1. The van der Waals surface area contributed by atoms with E-state index in [0.29, 0.717) is 23.1 Å². The van der Waals surface area contributed by atoms with Crippen LogP contribution in [0.3, 0.4) is 0 Å². The molecule has 1 aliphatic rings. The van der Waals surface area contributed by atoms with Gasteiger partial charge in [-0.15, -0.1) is 5.10 Å². The van der Waals surface area contributed by atoms with E-state index in [9.17, 15) is 9.90 Å². The second-order valence-electron chi connectivity index (χ2n) is 9.41. The van der Waals surface area contributed by atoms with Gasteiger partial charge in [0, 0.05) is 36.5 Å². The molecule has 10 nitrogen and oxygen atoms in total. The molecule has 4 unspecified atom stereocenters. The topological polar surface area (TPSA) is 123 Å². The normalized spacial score (nSPS) is 20.7. The van der Waals surface area contributed by atoms with E-state index in [-0.39, 0.29) is 30.8 Å². The standard InChI is InChI=1S/C29H32N6O4S/c1-3-30-28(37)31-23-11-7-10-22(16-23)27-38-24(18-40-29-32-33-34-35(29)2)25(20-8-5-4-6-9-20)26(39-27)21-14-12-19(17-36)13-15-21/h4-16,24-27,36H,3,17-18H2,1-2H3,(H2,30,31,37). The van der Waals surface area contributed by atoms with Crippen molar-refractivity contribution in [2.24, 2.45) is 7.05 Å². The van der Waals surface area contributed by atoms with Gasteiger partial charge in [0.2, 0.25) is 5.16 Å². The average Bonchev–Trinajstić information content (AvgIpc) is 3.40. The van der Waals surface area contributed by atoms with Crippen LogP contribution < -0.4 is 10.6 Å². The second-order valence-corrected chi connectivity index (χ2v) is 10.4. The van der Waals surface area contributed by atoms with Crippen LogP contribution in [0.15, 0.2) is 84.0 Å². The minimum Gasteiger partial charge on any atom is -0.392 e. The summed E-state index contributed by atoms with van der Waals surface area (Å²) in [6.07, 6.45) is -1.32. The number of carbonyl (C=O) groups is 1. The van der Waals surface area contributed by atoms with Crippen LogP contribution in [0.1, 0.15) is 47.5 Å². The van der Waals surface area contributed by atoms with Crippen LogP contribution in [0.2, 0.25) is 0 Å². The lowest BCUT2D eigenvalue weighted by Gasteiger charge is -2.43. The summed E-state index contributed by atoms with van der Waals surface area (Å²) < 4.78 is 15.1. The summed E-state index contributed by atoms with van der Waals surface area (Å²) in [5.74, 6) is 0.443. The predicted octanol–water partition coefficient (Wildman–Crippen LogP) is 4.58. The molecule has 0 bridgehead atoms. The number of thioether (sulfide) groups is 1. The predicted molar refractivity (Wildman–Crippen MR) is 152 cm³/mol. The van der Waals surface area contributed by atoms with Crippen molar-refractivity contribution in [2.45, 2.75) is 43.1 Å². The number of hydrogen-bond donors (Lipinski definition) is 3. The first-order chi connectivity index (χ1) is 19.6. The molecular weight excluding hydrogens is 528 g/mol. The molecule has 3 aromatic carbocycles. The molecule has 4 atom stereocenters. The molecule has 0 aliphatic carbocycles. The second kappa shape index (κ2) is 13.1. The van der Waals surface area contributed by atoms with E-state index in [2.05, 4.69) is 38.3 Å². The summed E-state index contributed by atoms with van der Waals surface area (Å²) in [7, 11) is 1.81. The number of anilines is 1. The first-order valence-electron chi connectivity index (χ1n) is 13.1. The number of aliphatic hydroxyl groups excluding tert-OH is 1. The molecule has 1 fully saturated rings. The van der Waals surface area contributed by atoms with Gasteiger partial charge in [-0.2, -0.15) is 0 Å². The molecule has 40 heavy (non-hydrogen) atoms. The highest BCUT2D eigenvalue weighted by molar-refractivity contribution is 7.99. The lowest BCUT2D eigenvalue weighted by atomic mass is 9.84. The van der Waals surface area contributed by atoms with Crippen molar-refractivity contribution in [3.8, 4) is 0 Å². The SMILES string of the molecule is CCNC(=O)Nc1cccc(C2OC(CSc3nnnn3C)C(c3ccccc3)C(c3ccc(CO)cc3)O2)c1. The van der Waals surface area contributed by atoms with E-state index < -0.39 is 6.29 Å². The first-order valence-corrected chi connectivity index (χ1v) is 14.1. The fourth-order valence-corrected chi connectivity index (χ4v) is 5.67. The average molecular weight is 561 g/mol. The third-order valence-electron chi connectivity index (χ3n) is 6.68. The van der Waals surface area contributed by atoms with E-state index in [1.54, 1.807) is 4.68 Å². The van der Waals surface area contributed by atoms with E-state index in [0.717, 1.165) is 22.3 Å². The van der Waals surface area contributed by atoms with Gasteiger partial charge >= 0.3 is 6.03 Å². The summed E-state index contributed by atoms with van der Waals surface area (Å²) in [5, 5.41) is 27.8. The van der Waals surface area contributed by atoms with Gasteiger partial charge in [-0.3, -0.25) is 0 Å². The highest BCUT2D eigenvalue weighted by Gasteiger charge is 2.42. The number of rotatable bonds is 9. The molecular formula is C29H32N6O4S. The van der Waals surface area contributed by atoms with Gasteiger partial charge in [0.25, 0.3) is 0 Å². The van der Waals surface area contributed by atoms with E-state index in [1.165, 1.54) is 11.8 Å². The van der Waals surface area contributed by atoms with Gasteiger partial charge in [0.1, 0.15) is 0 Å². The number of aryl methyl sites for hydroxylation is 1. The quantitative estimate of drug-likeness (QED) is 0.254. The fraction of sp³-hybridized carbons (Fsp3) is 0.310. The zero-order valence-electron chi connectivity index (χ0n) is 22.3. The van der Waals surface area contributed by atoms with Gasteiger partial charge in [-0.25, -0.2) is 9.48 Å². The minimum absolute atomic E-state index is 0.0317. The Kier molecular flexibility index (Phi) is 9.07. The molecule has 0 radical (unpaired) electrons. The molecule has 208 valence electrons. The summed E-state index contributed by atoms with van der Waals surface area (Å²) in [6.45, 7) is 2.36. The largest absolute Gasteiger partial charge is 0.392 e. The Morgan fingerprint density at radius 1 is 1.00 bits per heavy atom. The zero-order valence-corrected chi connectivity index (χ0v) is 23.1. The van der Waals surface area contributed by atoms with Crippen molar-refractivity contribution >= 4 is 23.5 Å². The van der Waals surface area contributed by atoms with Gasteiger partial charge < -0.3 is 25.2 Å². The van der Waals surface area contributed by atoms with Crippen LogP contribution in [0.5, 0.6) is 0 Å². The third kappa shape index (κ3) is 6.50. The molecule has 1 saturated heterocycles. The number of urea groups is 1. The lowest BCUT2D eigenvalue weighted by Crippen LogP contribution is -2.38. The number of benzene rings is 3. The molecule has 11 heteroatoms. The molecule has 1 aromatic heterocycles. The first kappa shape index (κ1) is 27.8. The number of amides is 2. The summed E-state index contributed by atoms with van der Waals surface area (Å²) in [4.78, 5) is 12.1. The Balaban J connectivity index is 1.51. The Labute approximate surface area is 237 Å². The third-order valence-corrected chi connectivity index (χ3v) is 7.78. The van der Waals surface area contributed by atoms with Gasteiger partial charge in [0.05, 0.1) is 18.8 Å². The summed E-state index contributed by atoms with van der Waals surface area (Å²) in [6, 6.07) is 25.2. The van der Waals surface area contributed by atoms with Crippen molar-refractivity contribution < 1.29 is 19.4 Å². The molecule has 1 aliphatic heterocycles. The van der Waals surface area contributed by atoms with Gasteiger partial charge in [0.15, 0.2) is 6.29 Å². The van der Waals surface area contributed by atoms with Crippen LogP contribution in [0.4, 0.5) is 10.5 Å². The Morgan fingerprint density at radius 3 is 2.48 bits per heavy atom. The van der Waals surface area contributed by atoms with Crippen molar-refractivity contribution in [1.82, 2.24) is 25.5 Å². The van der Waals surface area contributed by atoms with Crippen molar-refractivity contribution in [3.05, 3.63) is 101 Å². The Morgan fingerprint density at radius 2 is 1.77 bits per heavy atom. The molecule has 0 saturated carbocycles. The summed E-state index contributed by atoms with van der Waals surface area (Å²) in [5.41, 5.74) is 4.32. The Bertz CT molecular complexity index is 1400. The number of aromatic nitrogens is 4. The van der Waals surface area contributed by atoms with Gasteiger partial charge in [-0.05, 0) is 46.2 Å². The fourth-order valence-electron chi connectivity index (χ4n) is 4.75. The van der Waals surface area contributed by atoms with E-state index >= 15 is 0 Å². The molecule has 2 amide bonds. The molecule has 4 aromatic rings. The number of carbonyl (C=O) groups excluding carboxylic acids is 1. The van der Waals surface area contributed by atoms with Gasteiger partial charge in [-0.1, -0.05) is 78.5 Å². The van der Waals surface area contributed by atoms with Crippen molar-refractivity contribution in [3.63, 3.8) is 0 Å². The molecule has 3 N–H and O–H groups in total. The number of hydrogen-bond acceptors (Lipinski definition) is 8. The maximum atomic E-state index is 12.1. The molecule has 0 spiro atoms. The van der Waals surface area contributed by atoms with Crippen LogP contribution in [0, 0.1) is 0 Å². The monoisotopic (exact) mass is 560 g/mol. The van der Waals surface area contributed by atoms with Crippen molar-refractivity contribution in [2.75, 3.05) is 17.6 Å². The summed E-state index contributed by atoms with van der Waals surface area (Å²) >= 11 is 1.52. The van der Waals surface area contributed by atoms with Crippen LogP contribution >= 0.6 is 11.8 Å². The highest BCUT2D eigenvalue weighted by atomic mass is 32.2. The molecule has 5 rings (SSSR count). The number of ether oxygens (including phenoxy) is 2.